The zero-order valence-electron chi connectivity index (χ0n) is 11.3. The summed E-state index contributed by atoms with van der Waals surface area (Å²) < 4.78 is 0. The van der Waals surface area contributed by atoms with Crippen LogP contribution < -0.4 is 5.32 Å². The number of rotatable bonds is 2. The highest BCUT2D eigenvalue weighted by Crippen LogP contribution is 2.31. The lowest BCUT2D eigenvalue weighted by molar-refractivity contribution is 0.0858. The molecule has 0 aromatic heterocycles. The van der Waals surface area contributed by atoms with Gasteiger partial charge in [-0.1, -0.05) is 30.3 Å². The minimum absolute atomic E-state index is 0.284. The van der Waals surface area contributed by atoms with E-state index in [0.29, 0.717) is 17.5 Å². The lowest BCUT2D eigenvalue weighted by Crippen LogP contribution is -2.33. The normalized spacial score (nSPS) is 19.6. The Labute approximate surface area is 122 Å². The van der Waals surface area contributed by atoms with Gasteiger partial charge in [0, 0.05) is 12.0 Å². The summed E-state index contributed by atoms with van der Waals surface area (Å²) in [7, 11) is 0. The molecule has 0 bridgehead atoms. The number of benzene rings is 2. The van der Waals surface area contributed by atoms with Crippen LogP contribution in [0.15, 0.2) is 48.5 Å². The monoisotopic (exact) mass is 278 g/mol. The Morgan fingerprint density at radius 1 is 1.24 bits per heavy atom. The van der Waals surface area contributed by atoms with Gasteiger partial charge in [-0.3, -0.25) is 4.79 Å². The Bertz CT molecular complexity index is 734. The van der Waals surface area contributed by atoms with Crippen molar-refractivity contribution in [1.82, 2.24) is 5.32 Å². The quantitative estimate of drug-likeness (QED) is 0.881. The molecule has 104 valence electrons. The highest BCUT2D eigenvalue weighted by molar-refractivity contribution is 5.94. The Kier molecular flexibility index (Phi) is 3.43. The molecule has 0 heterocycles. The van der Waals surface area contributed by atoms with Crippen molar-refractivity contribution >= 4 is 5.91 Å². The molecule has 2 aromatic rings. The van der Waals surface area contributed by atoms with E-state index >= 15 is 0 Å². The first-order valence-corrected chi connectivity index (χ1v) is 6.76. The number of aliphatic hydroxyl groups excluding tert-OH is 1. The van der Waals surface area contributed by atoms with Crippen molar-refractivity contribution in [3.8, 4) is 6.07 Å². The summed E-state index contributed by atoms with van der Waals surface area (Å²) in [6.45, 7) is 0. The Hall–Kier alpha value is -2.64. The van der Waals surface area contributed by atoms with Crippen molar-refractivity contribution in [2.45, 2.75) is 18.6 Å². The molecule has 4 heteroatoms. The third-order valence-corrected chi connectivity index (χ3v) is 3.74. The number of nitrogens with one attached hydrogen (secondary N) is 1. The topological polar surface area (TPSA) is 73.1 Å². The minimum atomic E-state index is -0.620. The van der Waals surface area contributed by atoms with E-state index in [0.717, 1.165) is 11.1 Å². The van der Waals surface area contributed by atoms with Crippen LogP contribution in [0.1, 0.15) is 33.1 Å². The van der Waals surface area contributed by atoms with Gasteiger partial charge < -0.3 is 10.4 Å². The SMILES string of the molecule is N#Cc1cccc(C(=O)NC2c3ccccc3CC2O)c1. The standard InChI is InChI=1S/C17H14N2O2/c18-10-11-4-3-6-13(8-11)17(21)19-16-14-7-2-1-5-12(14)9-15(16)20/h1-8,15-16,20H,9H2,(H,19,21). The van der Waals surface area contributed by atoms with Crippen LogP contribution in [0.2, 0.25) is 0 Å². The van der Waals surface area contributed by atoms with Gasteiger partial charge in [0.25, 0.3) is 5.91 Å². The first kappa shape index (κ1) is 13.3. The molecule has 1 aliphatic rings. The van der Waals surface area contributed by atoms with Crippen molar-refractivity contribution in [2.24, 2.45) is 0 Å². The summed E-state index contributed by atoms with van der Waals surface area (Å²) in [5, 5.41) is 21.9. The number of hydrogen-bond donors (Lipinski definition) is 2. The van der Waals surface area contributed by atoms with Crippen LogP contribution in [-0.2, 0) is 6.42 Å². The molecule has 2 atom stereocenters. The van der Waals surface area contributed by atoms with Gasteiger partial charge in [-0.25, -0.2) is 0 Å². The van der Waals surface area contributed by atoms with E-state index in [1.54, 1.807) is 24.3 Å². The smallest absolute Gasteiger partial charge is 0.251 e. The number of carbonyl (C=O) groups excluding carboxylic acids is 1. The highest BCUT2D eigenvalue weighted by atomic mass is 16.3. The second kappa shape index (κ2) is 5.39. The van der Waals surface area contributed by atoms with Crippen LogP contribution in [0.5, 0.6) is 0 Å². The average Bonchev–Trinajstić information content (AvgIpc) is 2.83. The molecule has 0 spiro atoms. The molecule has 2 aromatic carbocycles. The van der Waals surface area contributed by atoms with Gasteiger partial charge in [0.2, 0.25) is 0 Å². The van der Waals surface area contributed by atoms with E-state index in [2.05, 4.69) is 5.32 Å². The number of amides is 1. The summed E-state index contributed by atoms with van der Waals surface area (Å²) >= 11 is 0. The fourth-order valence-corrected chi connectivity index (χ4v) is 2.70. The molecule has 0 fully saturated rings. The van der Waals surface area contributed by atoms with Gasteiger partial charge in [-0.2, -0.15) is 5.26 Å². The van der Waals surface area contributed by atoms with Gasteiger partial charge >= 0.3 is 0 Å². The predicted molar refractivity (Wildman–Crippen MR) is 77.5 cm³/mol. The molecule has 1 amide bonds. The maximum atomic E-state index is 12.3. The molecule has 1 aliphatic carbocycles. The zero-order valence-corrected chi connectivity index (χ0v) is 11.3. The van der Waals surface area contributed by atoms with Gasteiger partial charge in [-0.15, -0.1) is 0 Å². The van der Waals surface area contributed by atoms with Crippen LogP contribution in [-0.4, -0.2) is 17.1 Å². The van der Waals surface area contributed by atoms with Gasteiger partial charge in [0.05, 0.1) is 23.8 Å². The van der Waals surface area contributed by atoms with Gasteiger partial charge in [0.1, 0.15) is 0 Å². The molecule has 0 saturated carbocycles. The first-order chi connectivity index (χ1) is 10.2. The number of fused-ring (bicyclic) bond motifs is 1. The number of aliphatic hydroxyl groups is 1. The van der Waals surface area contributed by atoms with Crippen LogP contribution in [0.25, 0.3) is 0 Å². The molecule has 0 radical (unpaired) electrons. The van der Waals surface area contributed by atoms with Crippen molar-refractivity contribution in [3.05, 3.63) is 70.8 Å². The van der Waals surface area contributed by atoms with Crippen molar-refractivity contribution < 1.29 is 9.90 Å². The number of hydrogen-bond acceptors (Lipinski definition) is 3. The third kappa shape index (κ3) is 2.51. The molecule has 2 unspecified atom stereocenters. The minimum Gasteiger partial charge on any atom is -0.390 e. The Morgan fingerprint density at radius 2 is 2.05 bits per heavy atom. The zero-order chi connectivity index (χ0) is 14.8. The number of nitrogens with zero attached hydrogens (tertiary/aromatic N) is 1. The second-order valence-electron chi connectivity index (χ2n) is 5.11. The Morgan fingerprint density at radius 3 is 2.86 bits per heavy atom. The van der Waals surface area contributed by atoms with Crippen LogP contribution in [0.3, 0.4) is 0 Å². The lowest BCUT2D eigenvalue weighted by atomic mass is 10.1. The summed E-state index contributed by atoms with van der Waals surface area (Å²) in [6, 6.07) is 15.8. The first-order valence-electron chi connectivity index (χ1n) is 6.76. The van der Waals surface area contributed by atoms with E-state index in [-0.39, 0.29) is 5.91 Å². The largest absolute Gasteiger partial charge is 0.390 e. The van der Waals surface area contributed by atoms with E-state index in [4.69, 9.17) is 5.26 Å². The van der Waals surface area contributed by atoms with E-state index in [1.165, 1.54) is 0 Å². The van der Waals surface area contributed by atoms with E-state index in [1.807, 2.05) is 30.3 Å². The average molecular weight is 278 g/mol. The fraction of sp³-hybridized carbons (Fsp3) is 0.176. The molecular weight excluding hydrogens is 264 g/mol. The second-order valence-corrected chi connectivity index (χ2v) is 5.11. The number of carbonyl (C=O) groups is 1. The molecule has 4 nitrogen and oxygen atoms in total. The van der Waals surface area contributed by atoms with Crippen molar-refractivity contribution in [3.63, 3.8) is 0 Å². The van der Waals surface area contributed by atoms with Crippen LogP contribution in [0, 0.1) is 11.3 Å². The van der Waals surface area contributed by atoms with Gasteiger partial charge in [0.15, 0.2) is 0 Å². The van der Waals surface area contributed by atoms with Crippen LogP contribution in [0.4, 0.5) is 0 Å². The number of nitriles is 1. The summed E-state index contributed by atoms with van der Waals surface area (Å²) in [6.07, 6.45) is -0.0789. The fourth-order valence-electron chi connectivity index (χ4n) is 2.70. The molecule has 2 N–H and O–H groups in total. The third-order valence-electron chi connectivity index (χ3n) is 3.74. The Balaban J connectivity index is 1.83. The highest BCUT2D eigenvalue weighted by Gasteiger charge is 2.31. The maximum absolute atomic E-state index is 12.3. The molecular formula is C17H14N2O2. The maximum Gasteiger partial charge on any atom is 0.251 e. The molecule has 3 rings (SSSR count). The molecule has 0 aliphatic heterocycles. The van der Waals surface area contributed by atoms with Crippen molar-refractivity contribution in [2.75, 3.05) is 0 Å². The molecule has 0 saturated heterocycles. The van der Waals surface area contributed by atoms with Gasteiger partial charge in [-0.05, 0) is 29.3 Å². The van der Waals surface area contributed by atoms with Crippen molar-refractivity contribution in [1.29, 1.82) is 5.26 Å². The predicted octanol–water partition coefficient (Wildman–Crippen LogP) is 1.95. The summed E-state index contributed by atoms with van der Waals surface area (Å²) in [5.74, 6) is -0.284. The molecule has 21 heavy (non-hydrogen) atoms. The van der Waals surface area contributed by atoms with Crippen LogP contribution >= 0.6 is 0 Å². The van der Waals surface area contributed by atoms with E-state index < -0.39 is 12.1 Å². The van der Waals surface area contributed by atoms with E-state index in [9.17, 15) is 9.90 Å². The summed E-state index contributed by atoms with van der Waals surface area (Å²) in [4.78, 5) is 12.3. The summed E-state index contributed by atoms with van der Waals surface area (Å²) in [5.41, 5.74) is 2.87. The lowest BCUT2D eigenvalue weighted by Gasteiger charge is -2.18.